The van der Waals surface area contributed by atoms with Crippen LogP contribution < -0.4 is 10.2 Å². The first-order valence-corrected chi connectivity index (χ1v) is 8.93. The van der Waals surface area contributed by atoms with E-state index in [4.69, 9.17) is 0 Å². The molecule has 1 aliphatic heterocycles. The predicted octanol–water partition coefficient (Wildman–Crippen LogP) is 3.51. The molecule has 6 heteroatoms. The molecule has 0 aliphatic carbocycles. The van der Waals surface area contributed by atoms with Crippen LogP contribution in [-0.2, 0) is 0 Å². The van der Waals surface area contributed by atoms with Gasteiger partial charge >= 0.3 is 0 Å². The molecule has 0 unspecified atom stereocenters. The molecule has 1 aliphatic rings. The van der Waals surface area contributed by atoms with E-state index in [-0.39, 0.29) is 5.91 Å². The molecule has 0 spiro atoms. The SMILES string of the molecule is O=C(Nc1ccc(N2CCCCC2)nc1)c1ccccc1-n1cccn1. The van der Waals surface area contributed by atoms with E-state index >= 15 is 0 Å². The molecular formula is C20H21N5O. The van der Waals surface area contributed by atoms with Gasteiger partial charge in [0.15, 0.2) is 0 Å². The Morgan fingerprint density at radius 2 is 1.85 bits per heavy atom. The lowest BCUT2D eigenvalue weighted by Crippen LogP contribution is -2.30. The molecule has 1 amide bonds. The van der Waals surface area contributed by atoms with Crippen molar-refractivity contribution in [2.75, 3.05) is 23.3 Å². The van der Waals surface area contributed by atoms with Gasteiger partial charge in [-0.15, -0.1) is 0 Å². The molecule has 1 N–H and O–H groups in total. The van der Waals surface area contributed by atoms with Crippen LogP contribution in [0.15, 0.2) is 61.1 Å². The highest BCUT2D eigenvalue weighted by Crippen LogP contribution is 2.20. The number of carbonyl (C=O) groups is 1. The Balaban J connectivity index is 1.50. The highest BCUT2D eigenvalue weighted by Gasteiger charge is 2.14. The quantitative estimate of drug-likeness (QED) is 0.784. The number of hydrogen-bond acceptors (Lipinski definition) is 4. The zero-order chi connectivity index (χ0) is 17.8. The minimum absolute atomic E-state index is 0.177. The summed E-state index contributed by atoms with van der Waals surface area (Å²) in [5.41, 5.74) is 2.00. The van der Waals surface area contributed by atoms with Gasteiger partial charge < -0.3 is 10.2 Å². The second-order valence-corrected chi connectivity index (χ2v) is 6.37. The van der Waals surface area contributed by atoms with Crippen molar-refractivity contribution < 1.29 is 4.79 Å². The van der Waals surface area contributed by atoms with E-state index in [0.717, 1.165) is 24.6 Å². The molecule has 6 nitrogen and oxygen atoms in total. The predicted molar refractivity (Wildman–Crippen MR) is 102 cm³/mol. The number of para-hydroxylation sites is 1. The average molecular weight is 347 g/mol. The molecule has 0 radical (unpaired) electrons. The Morgan fingerprint density at radius 3 is 2.58 bits per heavy atom. The zero-order valence-corrected chi connectivity index (χ0v) is 14.5. The highest BCUT2D eigenvalue weighted by atomic mass is 16.1. The van der Waals surface area contributed by atoms with E-state index in [9.17, 15) is 4.79 Å². The number of nitrogens with one attached hydrogen (secondary N) is 1. The van der Waals surface area contributed by atoms with Crippen LogP contribution >= 0.6 is 0 Å². The average Bonchev–Trinajstić information content (AvgIpc) is 3.24. The maximum Gasteiger partial charge on any atom is 0.257 e. The molecule has 2 aromatic heterocycles. The van der Waals surface area contributed by atoms with Crippen molar-refractivity contribution in [1.29, 1.82) is 0 Å². The Morgan fingerprint density at radius 1 is 1.00 bits per heavy atom. The second kappa shape index (κ2) is 7.39. The zero-order valence-electron chi connectivity index (χ0n) is 14.5. The molecule has 1 fully saturated rings. The molecule has 1 saturated heterocycles. The maximum atomic E-state index is 12.7. The van der Waals surface area contributed by atoms with Crippen molar-refractivity contribution >= 4 is 17.4 Å². The van der Waals surface area contributed by atoms with Gasteiger partial charge in [-0.25, -0.2) is 9.67 Å². The smallest absolute Gasteiger partial charge is 0.257 e. The Kier molecular flexibility index (Phi) is 4.64. The van der Waals surface area contributed by atoms with Crippen molar-refractivity contribution in [3.8, 4) is 5.69 Å². The molecule has 0 atom stereocenters. The first kappa shape index (κ1) is 16.3. The standard InChI is InChI=1S/C20H21N5O/c26-20(17-7-2-3-8-18(17)25-14-6-11-22-25)23-16-9-10-19(21-15-16)24-12-4-1-5-13-24/h2-3,6-11,14-15H,1,4-5,12-13H2,(H,23,26). The molecule has 3 aromatic rings. The summed E-state index contributed by atoms with van der Waals surface area (Å²) in [6, 6.07) is 13.1. The fraction of sp³-hybridized carbons (Fsp3) is 0.250. The van der Waals surface area contributed by atoms with E-state index in [1.54, 1.807) is 23.1 Å². The molecule has 1 aromatic carbocycles. The van der Waals surface area contributed by atoms with Gasteiger partial charge in [-0.2, -0.15) is 5.10 Å². The van der Waals surface area contributed by atoms with Crippen LogP contribution in [0.5, 0.6) is 0 Å². The van der Waals surface area contributed by atoms with Crippen LogP contribution in [0.2, 0.25) is 0 Å². The third-order valence-electron chi connectivity index (χ3n) is 4.59. The van der Waals surface area contributed by atoms with Gasteiger partial charge in [-0.3, -0.25) is 4.79 Å². The largest absolute Gasteiger partial charge is 0.357 e. The third-order valence-corrected chi connectivity index (χ3v) is 4.59. The maximum absolute atomic E-state index is 12.7. The van der Waals surface area contributed by atoms with Crippen LogP contribution in [0.4, 0.5) is 11.5 Å². The summed E-state index contributed by atoms with van der Waals surface area (Å²) in [6.07, 6.45) is 8.95. The van der Waals surface area contributed by atoms with E-state index < -0.39 is 0 Å². The number of piperidine rings is 1. The van der Waals surface area contributed by atoms with Gasteiger partial charge in [-0.1, -0.05) is 12.1 Å². The minimum atomic E-state index is -0.177. The van der Waals surface area contributed by atoms with Crippen LogP contribution in [0.25, 0.3) is 5.69 Å². The summed E-state index contributed by atoms with van der Waals surface area (Å²) < 4.78 is 1.69. The minimum Gasteiger partial charge on any atom is -0.357 e. The number of rotatable bonds is 4. The summed E-state index contributed by atoms with van der Waals surface area (Å²) >= 11 is 0. The molecule has 132 valence electrons. The monoisotopic (exact) mass is 347 g/mol. The van der Waals surface area contributed by atoms with Crippen molar-refractivity contribution in [2.45, 2.75) is 19.3 Å². The van der Waals surface area contributed by atoms with E-state index in [2.05, 4.69) is 20.3 Å². The fourth-order valence-electron chi connectivity index (χ4n) is 3.25. The summed E-state index contributed by atoms with van der Waals surface area (Å²) in [7, 11) is 0. The van der Waals surface area contributed by atoms with Gasteiger partial charge in [0.1, 0.15) is 5.82 Å². The topological polar surface area (TPSA) is 63.1 Å². The van der Waals surface area contributed by atoms with Crippen LogP contribution in [0.3, 0.4) is 0 Å². The number of carbonyl (C=O) groups excluding carboxylic acids is 1. The fourth-order valence-corrected chi connectivity index (χ4v) is 3.25. The molecule has 4 rings (SSSR count). The lowest BCUT2D eigenvalue weighted by molar-refractivity contribution is 0.102. The molecule has 0 saturated carbocycles. The molecule has 0 bridgehead atoms. The molecular weight excluding hydrogens is 326 g/mol. The van der Waals surface area contributed by atoms with Crippen LogP contribution in [0.1, 0.15) is 29.6 Å². The summed E-state index contributed by atoms with van der Waals surface area (Å²) in [6.45, 7) is 2.10. The molecule has 3 heterocycles. The number of amides is 1. The Labute approximate surface area is 152 Å². The van der Waals surface area contributed by atoms with Gasteiger partial charge in [0.2, 0.25) is 0 Å². The normalized spacial score (nSPS) is 14.2. The second-order valence-electron chi connectivity index (χ2n) is 6.37. The van der Waals surface area contributed by atoms with E-state index in [1.165, 1.54) is 19.3 Å². The number of anilines is 2. The summed E-state index contributed by atoms with van der Waals surface area (Å²) in [5.74, 6) is 0.795. The van der Waals surface area contributed by atoms with Crippen molar-refractivity contribution in [3.63, 3.8) is 0 Å². The lowest BCUT2D eigenvalue weighted by Gasteiger charge is -2.27. The first-order valence-electron chi connectivity index (χ1n) is 8.93. The van der Waals surface area contributed by atoms with Crippen molar-refractivity contribution in [3.05, 3.63) is 66.6 Å². The number of hydrogen-bond donors (Lipinski definition) is 1. The number of nitrogens with zero attached hydrogens (tertiary/aromatic N) is 4. The van der Waals surface area contributed by atoms with E-state index in [1.807, 2.05) is 42.6 Å². The van der Waals surface area contributed by atoms with Crippen molar-refractivity contribution in [2.24, 2.45) is 0 Å². The Bertz CT molecular complexity index is 867. The highest BCUT2D eigenvalue weighted by molar-refractivity contribution is 6.06. The number of benzene rings is 1. The van der Waals surface area contributed by atoms with Gasteiger partial charge in [0.25, 0.3) is 5.91 Å². The van der Waals surface area contributed by atoms with Crippen molar-refractivity contribution in [1.82, 2.24) is 14.8 Å². The first-order chi connectivity index (χ1) is 12.8. The summed E-state index contributed by atoms with van der Waals surface area (Å²) in [5, 5.41) is 7.15. The van der Waals surface area contributed by atoms with Crippen LogP contribution in [-0.4, -0.2) is 33.8 Å². The molecule has 26 heavy (non-hydrogen) atoms. The third kappa shape index (κ3) is 3.44. The lowest BCUT2D eigenvalue weighted by atomic mass is 10.1. The number of aromatic nitrogens is 3. The van der Waals surface area contributed by atoms with Gasteiger partial charge in [0, 0.05) is 25.5 Å². The summed E-state index contributed by atoms with van der Waals surface area (Å²) in [4.78, 5) is 19.5. The Hall–Kier alpha value is -3.15. The van der Waals surface area contributed by atoms with E-state index in [0.29, 0.717) is 11.3 Å². The van der Waals surface area contributed by atoms with Gasteiger partial charge in [-0.05, 0) is 49.6 Å². The van der Waals surface area contributed by atoms with Gasteiger partial charge in [0.05, 0.1) is 23.1 Å². The number of pyridine rings is 1. The van der Waals surface area contributed by atoms with Crippen LogP contribution in [0, 0.1) is 0 Å².